The van der Waals surface area contributed by atoms with E-state index < -0.39 is 32.9 Å². The van der Waals surface area contributed by atoms with E-state index in [1.807, 2.05) is 20.8 Å². The topological polar surface area (TPSA) is 93.1 Å². The number of ether oxygens (including phenoxy) is 2. The molecule has 0 spiro atoms. The van der Waals surface area contributed by atoms with Gasteiger partial charge in [-0.15, -0.1) is 0 Å². The summed E-state index contributed by atoms with van der Waals surface area (Å²) in [6.07, 6.45) is 7.85. The summed E-state index contributed by atoms with van der Waals surface area (Å²) in [5.41, 5.74) is -0.627. The number of aliphatic hydroxyl groups is 1. The molecule has 1 amide bonds. The normalized spacial score (nSPS) is 13.0. The summed E-state index contributed by atoms with van der Waals surface area (Å²) in [4.78, 5) is 14.4. The quantitative estimate of drug-likeness (QED) is 0.273. The Morgan fingerprint density at radius 2 is 1.63 bits per heavy atom. The van der Waals surface area contributed by atoms with Crippen molar-refractivity contribution >= 4 is 15.9 Å². The first kappa shape index (κ1) is 31.2. The van der Waals surface area contributed by atoms with Gasteiger partial charge in [-0.25, -0.2) is 13.2 Å². The summed E-state index contributed by atoms with van der Waals surface area (Å²) >= 11 is 0. The SMILES string of the molecule is CCCCCCCCCCN(C[C@H](O)COc1cccc(S(=O)(=O)C(C)C)c1)C(=O)OC(C)(C)C. The molecule has 0 fully saturated rings. The fraction of sp³-hybridized carbons (Fsp3) is 0.741. The maximum absolute atomic E-state index is 12.7. The van der Waals surface area contributed by atoms with E-state index in [9.17, 15) is 18.3 Å². The molecule has 1 atom stereocenters. The Labute approximate surface area is 213 Å². The smallest absolute Gasteiger partial charge is 0.410 e. The van der Waals surface area contributed by atoms with Crippen molar-refractivity contribution in [1.29, 1.82) is 0 Å². The number of unbranched alkanes of at least 4 members (excludes halogenated alkanes) is 7. The molecule has 0 aliphatic carbocycles. The third-order valence-electron chi connectivity index (χ3n) is 5.56. The van der Waals surface area contributed by atoms with Gasteiger partial charge in [0.2, 0.25) is 0 Å². The molecule has 1 aromatic carbocycles. The van der Waals surface area contributed by atoms with Crippen LogP contribution in [0.25, 0.3) is 0 Å². The molecular formula is C27H47NO6S. The number of hydrogen-bond acceptors (Lipinski definition) is 6. The molecule has 1 rings (SSSR count). The molecule has 0 aliphatic heterocycles. The summed E-state index contributed by atoms with van der Waals surface area (Å²) in [5, 5.41) is 10.0. The lowest BCUT2D eigenvalue weighted by molar-refractivity contribution is 0.00878. The van der Waals surface area contributed by atoms with Gasteiger partial charge in [-0.2, -0.15) is 0 Å². The minimum absolute atomic E-state index is 0.0676. The Kier molecular flexibility index (Phi) is 13.7. The van der Waals surface area contributed by atoms with E-state index in [1.54, 1.807) is 26.0 Å². The van der Waals surface area contributed by atoms with Gasteiger partial charge in [0.1, 0.15) is 24.1 Å². The van der Waals surface area contributed by atoms with Crippen LogP contribution in [0.1, 0.15) is 92.9 Å². The standard InChI is InChI=1S/C27H47NO6S/c1-7-8-9-10-11-12-13-14-18-28(26(30)34-27(4,5)6)20-23(29)21-33-24-16-15-17-25(19-24)35(31,32)22(2)3/h15-17,19,22-23,29H,7-14,18,20-21H2,1-6H3/t23-/m0/s1. The zero-order chi connectivity index (χ0) is 26.5. The van der Waals surface area contributed by atoms with Crippen LogP contribution in [0.2, 0.25) is 0 Å². The first-order valence-electron chi connectivity index (χ1n) is 13.0. The van der Waals surface area contributed by atoms with Gasteiger partial charge in [-0.1, -0.05) is 57.9 Å². The van der Waals surface area contributed by atoms with Gasteiger partial charge >= 0.3 is 6.09 Å². The van der Waals surface area contributed by atoms with Crippen molar-refractivity contribution in [3.63, 3.8) is 0 Å². The fourth-order valence-corrected chi connectivity index (χ4v) is 4.63. The van der Waals surface area contributed by atoms with Crippen LogP contribution in [0.5, 0.6) is 5.75 Å². The van der Waals surface area contributed by atoms with Gasteiger partial charge in [-0.05, 0) is 59.2 Å². The maximum Gasteiger partial charge on any atom is 0.410 e. The Balaban J connectivity index is 2.64. The zero-order valence-corrected chi connectivity index (χ0v) is 23.4. The number of benzene rings is 1. The van der Waals surface area contributed by atoms with Crippen molar-refractivity contribution < 1.29 is 27.8 Å². The summed E-state index contributed by atoms with van der Waals surface area (Å²) in [7, 11) is -3.42. The average molecular weight is 514 g/mol. The number of hydrogen-bond donors (Lipinski definition) is 1. The minimum atomic E-state index is -3.42. The van der Waals surface area contributed by atoms with Gasteiger partial charge in [0.05, 0.1) is 16.7 Å². The molecule has 0 aromatic heterocycles. The van der Waals surface area contributed by atoms with E-state index in [0.717, 1.165) is 19.3 Å². The van der Waals surface area contributed by atoms with Gasteiger partial charge < -0.3 is 19.5 Å². The molecule has 0 saturated heterocycles. The van der Waals surface area contributed by atoms with Crippen LogP contribution in [0, 0.1) is 0 Å². The number of carbonyl (C=O) groups is 1. The van der Waals surface area contributed by atoms with E-state index in [1.165, 1.54) is 49.1 Å². The van der Waals surface area contributed by atoms with Crippen LogP contribution in [0.3, 0.4) is 0 Å². The van der Waals surface area contributed by atoms with E-state index in [4.69, 9.17) is 9.47 Å². The van der Waals surface area contributed by atoms with E-state index in [2.05, 4.69) is 6.92 Å². The van der Waals surface area contributed by atoms with Gasteiger partial charge in [0, 0.05) is 6.54 Å². The second kappa shape index (κ2) is 15.3. The second-order valence-electron chi connectivity index (χ2n) is 10.4. The Morgan fingerprint density at radius 1 is 1.03 bits per heavy atom. The molecule has 7 nitrogen and oxygen atoms in total. The summed E-state index contributed by atoms with van der Waals surface area (Å²) < 4.78 is 36.0. The van der Waals surface area contributed by atoms with Gasteiger partial charge in [0.15, 0.2) is 9.84 Å². The lowest BCUT2D eigenvalue weighted by Gasteiger charge is -2.29. The van der Waals surface area contributed by atoms with Crippen LogP contribution in [-0.2, 0) is 14.6 Å². The van der Waals surface area contributed by atoms with Gasteiger partial charge in [0.25, 0.3) is 0 Å². The van der Waals surface area contributed by atoms with Crippen LogP contribution in [-0.4, -0.2) is 61.2 Å². The Bertz CT molecular complexity index is 847. The van der Waals surface area contributed by atoms with E-state index >= 15 is 0 Å². The number of nitrogens with zero attached hydrogens (tertiary/aromatic N) is 1. The Hall–Kier alpha value is -1.80. The van der Waals surface area contributed by atoms with Crippen LogP contribution in [0.4, 0.5) is 4.79 Å². The van der Waals surface area contributed by atoms with Crippen molar-refractivity contribution in [3.8, 4) is 5.75 Å². The van der Waals surface area contributed by atoms with Crippen molar-refractivity contribution in [3.05, 3.63) is 24.3 Å². The van der Waals surface area contributed by atoms with Crippen molar-refractivity contribution in [2.45, 2.75) is 115 Å². The highest BCUT2D eigenvalue weighted by Crippen LogP contribution is 2.21. The highest BCUT2D eigenvalue weighted by atomic mass is 32.2. The van der Waals surface area contributed by atoms with Crippen LogP contribution >= 0.6 is 0 Å². The monoisotopic (exact) mass is 513 g/mol. The molecule has 202 valence electrons. The predicted octanol–water partition coefficient (Wildman–Crippen LogP) is 5.99. The molecule has 0 aliphatic rings. The van der Waals surface area contributed by atoms with E-state index in [-0.39, 0.29) is 18.0 Å². The number of carbonyl (C=O) groups excluding carboxylic acids is 1. The van der Waals surface area contributed by atoms with Crippen molar-refractivity contribution in [2.24, 2.45) is 0 Å². The Morgan fingerprint density at radius 3 is 2.20 bits per heavy atom. The number of sulfone groups is 1. The molecule has 0 unspecified atom stereocenters. The molecule has 8 heteroatoms. The minimum Gasteiger partial charge on any atom is -0.491 e. The molecule has 0 bridgehead atoms. The summed E-state index contributed by atoms with van der Waals surface area (Å²) in [5.74, 6) is 0.359. The first-order valence-corrected chi connectivity index (χ1v) is 14.5. The van der Waals surface area contributed by atoms with E-state index in [0.29, 0.717) is 12.3 Å². The molecule has 0 heterocycles. The number of aliphatic hydroxyl groups excluding tert-OH is 1. The summed E-state index contributed by atoms with van der Waals surface area (Å²) in [6, 6.07) is 6.27. The lowest BCUT2D eigenvalue weighted by atomic mass is 10.1. The third kappa shape index (κ3) is 12.6. The highest BCUT2D eigenvalue weighted by Gasteiger charge is 2.24. The first-order chi connectivity index (χ1) is 16.4. The van der Waals surface area contributed by atoms with Crippen molar-refractivity contribution in [2.75, 3.05) is 19.7 Å². The maximum atomic E-state index is 12.7. The molecule has 35 heavy (non-hydrogen) atoms. The highest BCUT2D eigenvalue weighted by molar-refractivity contribution is 7.92. The summed E-state index contributed by atoms with van der Waals surface area (Å²) in [6.45, 7) is 11.4. The largest absolute Gasteiger partial charge is 0.491 e. The fourth-order valence-electron chi connectivity index (χ4n) is 3.53. The lowest BCUT2D eigenvalue weighted by Crippen LogP contribution is -2.43. The molecule has 0 saturated carbocycles. The van der Waals surface area contributed by atoms with Crippen LogP contribution in [0.15, 0.2) is 29.2 Å². The molecule has 1 aromatic rings. The van der Waals surface area contributed by atoms with Crippen LogP contribution < -0.4 is 4.74 Å². The molecular weight excluding hydrogens is 466 g/mol. The molecule has 1 N–H and O–H groups in total. The predicted molar refractivity (Wildman–Crippen MR) is 141 cm³/mol. The average Bonchev–Trinajstić information content (AvgIpc) is 2.77. The van der Waals surface area contributed by atoms with Gasteiger partial charge in [-0.3, -0.25) is 0 Å². The number of amides is 1. The second-order valence-corrected chi connectivity index (χ2v) is 12.9. The number of rotatable bonds is 16. The molecule has 0 radical (unpaired) electrons. The third-order valence-corrected chi connectivity index (χ3v) is 7.71. The van der Waals surface area contributed by atoms with Crippen molar-refractivity contribution in [1.82, 2.24) is 4.90 Å². The zero-order valence-electron chi connectivity index (χ0n) is 22.6.